The number of rotatable bonds is 3. The summed E-state index contributed by atoms with van der Waals surface area (Å²) in [6.45, 7) is 4.03. The van der Waals surface area contributed by atoms with Crippen molar-refractivity contribution in [1.82, 2.24) is 10.2 Å². The Kier molecular flexibility index (Phi) is 5.60. The molecule has 92 valence electrons. The normalized spacial score (nSPS) is 17.2. The van der Waals surface area contributed by atoms with Crippen molar-refractivity contribution < 1.29 is 9.59 Å². The molecule has 1 saturated heterocycles. The summed E-state index contributed by atoms with van der Waals surface area (Å²) in [7, 11) is 0. The van der Waals surface area contributed by atoms with Crippen molar-refractivity contribution >= 4 is 23.4 Å². The number of halogens is 1. The van der Waals surface area contributed by atoms with Crippen LogP contribution in [0.4, 0.5) is 0 Å². The van der Waals surface area contributed by atoms with E-state index < -0.39 is 11.8 Å². The maximum Gasteiger partial charge on any atom is 0.311 e. The van der Waals surface area contributed by atoms with Crippen molar-refractivity contribution in [2.45, 2.75) is 26.2 Å². The smallest absolute Gasteiger partial charge is 0.311 e. The summed E-state index contributed by atoms with van der Waals surface area (Å²) in [5, 5.41) is 2.58. The standard InChI is InChI=1S/C11H19ClN2O2/c1-9-3-7-14(8-4-9)11(16)10(15)13-6-2-5-12/h9H,2-8H2,1H3,(H,13,15). The van der Waals surface area contributed by atoms with Gasteiger partial charge in [-0.05, 0) is 25.2 Å². The molecule has 2 amide bonds. The van der Waals surface area contributed by atoms with Crippen molar-refractivity contribution in [2.24, 2.45) is 5.92 Å². The van der Waals surface area contributed by atoms with E-state index >= 15 is 0 Å². The second-order valence-corrected chi connectivity index (χ2v) is 4.65. The Morgan fingerprint density at radius 1 is 1.38 bits per heavy atom. The molecule has 1 rings (SSSR count). The van der Waals surface area contributed by atoms with Gasteiger partial charge in [0.05, 0.1) is 0 Å². The summed E-state index contributed by atoms with van der Waals surface area (Å²) in [6.07, 6.45) is 2.67. The summed E-state index contributed by atoms with van der Waals surface area (Å²) in [5.41, 5.74) is 0. The summed E-state index contributed by atoms with van der Waals surface area (Å²) in [5.74, 6) is 0.250. The van der Waals surface area contributed by atoms with Crippen LogP contribution in [-0.2, 0) is 9.59 Å². The van der Waals surface area contributed by atoms with Gasteiger partial charge >= 0.3 is 11.8 Å². The first kappa shape index (κ1) is 13.3. The number of carbonyl (C=O) groups is 2. The van der Waals surface area contributed by atoms with E-state index in [0.717, 1.165) is 12.8 Å². The van der Waals surface area contributed by atoms with Gasteiger partial charge in [0.2, 0.25) is 0 Å². The highest BCUT2D eigenvalue weighted by Crippen LogP contribution is 2.15. The zero-order valence-electron chi connectivity index (χ0n) is 9.67. The number of amides is 2. The minimum absolute atomic E-state index is 0.401. The fourth-order valence-electron chi connectivity index (χ4n) is 1.70. The molecule has 4 nitrogen and oxygen atoms in total. The monoisotopic (exact) mass is 246 g/mol. The molecule has 1 aliphatic heterocycles. The molecule has 0 aliphatic carbocycles. The molecule has 0 aromatic rings. The van der Waals surface area contributed by atoms with Gasteiger partial charge in [0.15, 0.2) is 0 Å². The molecule has 1 fully saturated rings. The zero-order valence-corrected chi connectivity index (χ0v) is 10.4. The molecule has 0 aromatic heterocycles. The van der Waals surface area contributed by atoms with Gasteiger partial charge in [-0.2, -0.15) is 0 Å². The van der Waals surface area contributed by atoms with Crippen molar-refractivity contribution in [3.63, 3.8) is 0 Å². The Bertz CT molecular complexity index is 250. The van der Waals surface area contributed by atoms with Crippen LogP contribution in [-0.4, -0.2) is 42.2 Å². The largest absolute Gasteiger partial charge is 0.348 e. The summed E-state index contributed by atoms with van der Waals surface area (Å²) < 4.78 is 0. The summed E-state index contributed by atoms with van der Waals surface area (Å²) in [6, 6.07) is 0. The van der Waals surface area contributed by atoms with E-state index in [1.807, 2.05) is 0 Å². The number of hydrogen-bond acceptors (Lipinski definition) is 2. The molecule has 0 aromatic carbocycles. The van der Waals surface area contributed by atoms with E-state index in [-0.39, 0.29) is 0 Å². The summed E-state index contributed by atoms with van der Waals surface area (Å²) in [4.78, 5) is 24.8. The van der Waals surface area contributed by atoms with Crippen LogP contribution in [0.15, 0.2) is 0 Å². The second-order valence-electron chi connectivity index (χ2n) is 4.27. The van der Waals surface area contributed by atoms with Crippen molar-refractivity contribution in [2.75, 3.05) is 25.5 Å². The number of nitrogens with one attached hydrogen (secondary N) is 1. The molecule has 0 spiro atoms. The van der Waals surface area contributed by atoms with E-state index in [9.17, 15) is 9.59 Å². The van der Waals surface area contributed by atoms with Crippen LogP contribution in [0.2, 0.25) is 0 Å². The van der Waals surface area contributed by atoms with E-state index in [1.165, 1.54) is 0 Å². The van der Waals surface area contributed by atoms with Crippen LogP contribution < -0.4 is 5.32 Å². The average molecular weight is 247 g/mol. The van der Waals surface area contributed by atoms with Gasteiger partial charge in [-0.3, -0.25) is 9.59 Å². The first-order valence-corrected chi connectivity index (χ1v) is 6.31. The van der Waals surface area contributed by atoms with Crippen LogP contribution >= 0.6 is 11.6 Å². The lowest BCUT2D eigenvalue weighted by molar-refractivity contribution is -0.146. The van der Waals surface area contributed by atoms with Gasteiger partial charge in [0, 0.05) is 25.5 Å². The zero-order chi connectivity index (χ0) is 12.0. The molecule has 0 bridgehead atoms. The molecule has 1 N–H and O–H groups in total. The lowest BCUT2D eigenvalue weighted by atomic mass is 9.99. The highest BCUT2D eigenvalue weighted by atomic mass is 35.5. The number of likely N-dealkylation sites (tertiary alicyclic amines) is 1. The molecular formula is C11H19ClN2O2. The molecule has 16 heavy (non-hydrogen) atoms. The first-order valence-electron chi connectivity index (χ1n) is 5.78. The number of alkyl halides is 1. The Labute approximate surface area is 101 Å². The van der Waals surface area contributed by atoms with Gasteiger partial charge in [-0.25, -0.2) is 0 Å². The molecule has 0 unspecified atom stereocenters. The van der Waals surface area contributed by atoms with Crippen LogP contribution in [0, 0.1) is 5.92 Å². The van der Waals surface area contributed by atoms with Crippen molar-refractivity contribution in [1.29, 1.82) is 0 Å². The third kappa shape index (κ3) is 4.00. The fraction of sp³-hybridized carbons (Fsp3) is 0.818. The third-order valence-electron chi connectivity index (χ3n) is 2.86. The molecule has 5 heteroatoms. The third-order valence-corrected chi connectivity index (χ3v) is 3.13. The molecule has 1 heterocycles. The predicted octanol–water partition coefficient (Wildman–Crippen LogP) is 0.990. The topological polar surface area (TPSA) is 49.4 Å². The second kappa shape index (κ2) is 6.74. The van der Waals surface area contributed by atoms with E-state index in [1.54, 1.807) is 4.90 Å². The molecular weight excluding hydrogens is 228 g/mol. The molecule has 0 radical (unpaired) electrons. The summed E-state index contributed by atoms with van der Waals surface area (Å²) >= 11 is 5.48. The highest BCUT2D eigenvalue weighted by molar-refractivity contribution is 6.35. The number of nitrogens with zero attached hydrogens (tertiary/aromatic N) is 1. The quantitative estimate of drug-likeness (QED) is 0.459. The average Bonchev–Trinajstić information content (AvgIpc) is 2.29. The molecule has 1 aliphatic rings. The molecule has 0 atom stereocenters. The van der Waals surface area contributed by atoms with E-state index in [4.69, 9.17) is 11.6 Å². The minimum atomic E-state index is -0.500. The van der Waals surface area contributed by atoms with Crippen molar-refractivity contribution in [3.8, 4) is 0 Å². The van der Waals surface area contributed by atoms with Gasteiger partial charge in [0.1, 0.15) is 0 Å². The fourth-order valence-corrected chi connectivity index (χ4v) is 1.83. The van der Waals surface area contributed by atoms with Crippen LogP contribution in [0.5, 0.6) is 0 Å². The maximum absolute atomic E-state index is 11.7. The Morgan fingerprint density at radius 3 is 2.56 bits per heavy atom. The van der Waals surface area contributed by atoms with Gasteiger partial charge in [-0.1, -0.05) is 6.92 Å². The lowest BCUT2D eigenvalue weighted by Crippen LogP contribution is -2.46. The van der Waals surface area contributed by atoms with Gasteiger partial charge < -0.3 is 10.2 Å². The highest BCUT2D eigenvalue weighted by Gasteiger charge is 2.24. The van der Waals surface area contributed by atoms with Crippen molar-refractivity contribution in [3.05, 3.63) is 0 Å². The van der Waals surface area contributed by atoms with Gasteiger partial charge in [0.25, 0.3) is 0 Å². The number of hydrogen-bond donors (Lipinski definition) is 1. The van der Waals surface area contributed by atoms with E-state index in [2.05, 4.69) is 12.2 Å². The number of piperidine rings is 1. The van der Waals surface area contributed by atoms with Gasteiger partial charge in [-0.15, -0.1) is 11.6 Å². The van der Waals surface area contributed by atoms with Crippen LogP contribution in [0.1, 0.15) is 26.2 Å². The number of carbonyl (C=O) groups excluding carboxylic acids is 2. The minimum Gasteiger partial charge on any atom is -0.348 e. The Balaban J connectivity index is 2.30. The predicted molar refractivity (Wildman–Crippen MR) is 63.3 cm³/mol. The van der Waals surface area contributed by atoms with Crippen LogP contribution in [0.25, 0.3) is 0 Å². The maximum atomic E-state index is 11.7. The van der Waals surface area contributed by atoms with E-state index in [0.29, 0.717) is 37.9 Å². The Morgan fingerprint density at radius 2 is 2.00 bits per heavy atom. The SMILES string of the molecule is CC1CCN(C(=O)C(=O)NCCCCl)CC1. The van der Waals surface area contributed by atoms with Crippen LogP contribution in [0.3, 0.4) is 0 Å². The lowest BCUT2D eigenvalue weighted by Gasteiger charge is -2.29. The molecule has 0 saturated carbocycles. The first-order chi connectivity index (χ1) is 7.65. The Hall–Kier alpha value is -0.770.